The van der Waals surface area contributed by atoms with E-state index in [1.165, 1.54) is 0 Å². The number of β-amino-alcohol motifs (C(OH)–C–C–N with tert-alkyl or cyclic N) is 1. The Morgan fingerprint density at radius 3 is 2.54 bits per heavy atom. The van der Waals surface area contributed by atoms with Crippen LogP contribution in [0.1, 0.15) is 20.8 Å². The summed E-state index contributed by atoms with van der Waals surface area (Å²) in [6, 6.07) is 0.246. The minimum atomic E-state index is -0.559. The summed E-state index contributed by atoms with van der Waals surface area (Å²) in [7, 11) is 0. The Bertz CT molecular complexity index is 187. The van der Waals surface area contributed by atoms with Crippen molar-refractivity contribution in [2.45, 2.75) is 50.9 Å². The van der Waals surface area contributed by atoms with E-state index in [2.05, 4.69) is 5.32 Å². The molecule has 0 aromatic rings. The Hall–Kier alpha value is -0.160. The molecule has 0 bridgehead atoms. The molecule has 4 heteroatoms. The van der Waals surface area contributed by atoms with E-state index >= 15 is 0 Å². The number of hydrogen-bond donors (Lipinski definition) is 2. The number of ether oxygens (including phenoxy) is 2. The number of aliphatic hydroxyl groups is 1. The van der Waals surface area contributed by atoms with Crippen molar-refractivity contribution >= 4 is 0 Å². The fraction of sp³-hybridized carbons (Fsp3) is 1.00. The van der Waals surface area contributed by atoms with Gasteiger partial charge in [0.25, 0.3) is 0 Å². The second kappa shape index (κ2) is 2.92. The van der Waals surface area contributed by atoms with Crippen molar-refractivity contribution in [2.24, 2.45) is 0 Å². The molecule has 2 saturated heterocycles. The topological polar surface area (TPSA) is 50.7 Å². The average Bonchev–Trinajstić information content (AvgIpc) is 2.35. The molecule has 0 spiro atoms. The summed E-state index contributed by atoms with van der Waals surface area (Å²) < 4.78 is 11.3. The van der Waals surface area contributed by atoms with Gasteiger partial charge >= 0.3 is 0 Å². The largest absolute Gasteiger partial charge is 0.389 e. The van der Waals surface area contributed by atoms with Gasteiger partial charge in [-0.2, -0.15) is 0 Å². The summed E-state index contributed by atoms with van der Waals surface area (Å²) in [5.41, 5.74) is 0. The van der Waals surface area contributed by atoms with Gasteiger partial charge < -0.3 is 19.9 Å². The van der Waals surface area contributed by atoms with Gasteiger partial charge in [-0.25, -0.2) is 0 Å². The number of rotatable bonds is 0. The van der Waals surface area contributed by atoms with Gasteiger partial charge in [-0.1, -0.05) is 0 Å². The molecule has 0 aromatic carbocycles. The van der Waals surface area contributed by atoms with Gasteiger partial charge in [0.15, 0.2) is 5.79 Å². The van der Waals surface area contributed by atoms with Crippen LogP contribution in [0.15, 0.2) is 0 Å². The molecule has 2 aliphatic rings. The Morgan fingerprint density at radius 1 is 1.31 bits per heavy atom. The van der Waals surface area contributed by atoms with Crippen LogP contribution in [0.2, 0.25) is 0 Å². The molecule has 13 heavy (non-hydrogen) atoms. The van der Waals surface area contributed by atoms with E-state index in [1.807, 2.05) is 20.8 Å². The number of nitrogens with one attached hydrogen (secondary N) is 1. The van der Waals surface area contributed by atoms with Crippen molar-refractivity contribution in [3.63, 3.8) is 0 Å². The molecular weight excluding hydrogens is 170 g/mol. The minimum absolute atomic E-state index is 0.0289. The highest BCUT2D eigenvalue weighted by Crippen LogP contribution is 2.33. The van der Waals surface area contributed by atoms with Crippen LogP contribution in [0.5, 0.6) is 0 Å². The van der Waals surface area contributed by atoms with Gasteiger partial charge in [0.2, 0.25) is 0 Å². The molecule has 2 fully saturated rings. The molecule has 0 aromatic heterocycles. The fourth-order valence-corrected chi connectivity index (χ4v) is 2.04. The van der Waals surface area contributed by atoms with Crippen molar-refractivity contribution in [2.75, 3.05) is 6.54 Å². The third-order valence-electron chi connectivity index (χ3n) is 2.68. The van der Waals surface area contributed by atoms with Gasteiger partial charge in [-0.05, 0) is 20.8 Å². The second-order valence-electron chi connectivity index (χ2n) is 4.33. The maximum Gasteiger partial charge on any atom is 0.163 e. The van der Waals surface area contributed by atoms with Gasteiger partial charge in [0.05, 0.1) is 6.10 Å². The first-order valence-corrected chi connectivity index (χ1v) is 4.77. The SMILES string of the molecule is CC1NC[C@H](O)[C@H]2OC(C)(C)O[C@@H]12. The molecule has 1 unspecified atom stereocenters. The van der Waals surface area contributed by atoms with Crippen molar-refractivity contribution in [3.05, 3.63) is 0 Å². The van der Waals surface area contributed by atoms with Crippen molar-refractivity contribution < 1.29 is 14.6 Å². The lowest BCUT2D eigenvalue weighted by Gasteiger charge is -2.33. The van der Waals surface area contributed by atoms with E-state index in [4.69, 9.17) is 9.47 Å². The van der Waals surface area contributed by atoms with Crippen molar-refractivity contribution in [1.82, 2.24) is 5.32 Å². The first kappa shape index (κ1) is 9.40. The van der Waals surface area contributed by atoms with E-state index in [0.717, 1.165) is 0 Å². The first-order valence-electron chi connectivity index (χ1n) is 4.77. The summed E-state index contributed by atoms with van der Waals surface area (Å²) in [5, 5.41) is 12.8. The molecule has 2 rings (SSSR count). The highest BCUT2D eigenvalue weighted by atomic mass is 16.8. The van der Waals surface area contributed by atoms with Crippen LogP contribution >= 0.6 is 0 Å². The molecule has 0 saturated carbocycles. The smallest absolute Gasteiger partial charge is 0.163 e. The van der Waals surface area contributed by atoms with Crippen molar-refractivity contribution in [1.29, 1.82) is 0 Å². The van der Waals surface area contributed by atoms with E-state index in [9.17, 15) is 5.11 Å². The Balaban J connectivity index is 2.14. The van der Waals surface area contributed by atoms with Crippen LogP contribution < -0.4 is 5.32 Å². The molecule has 76 valence electrons. The highest BCUT2D eigenvalue weighted by Gasteiger charge is 2.49. The lowest BCUT2D eigenvalue weighted by atomic mass is 9.98. The Kier molecular flexibility index (Phi) is 2.11. The van der Waals surface area contributed by atoms with Gasteiger partial charge in [-0.3, -0.25) is 0 Å². The maximum atomic E-state index is 9.66. The van der Waals surface area contributed by atoms with E-state index in [-0.39, 0.29) is 18.2 Å². The zero-order valence-corrected chi connectivity index (χ0v) is 8.28. The Morgan fingerprint density at radius 2 is 1.92 bits per heavy atom. The number of hydrogen-bond acceptors (Lipinski definition) is 4. The number of aliphatic hydroxyl groups excluding tert-OH is 1. The molecule has 2 N–H and O–H groups in total. The summed E-state index contributed by atoms with van der Waals surface area (Å²) in [5.74, 6) is -0.559. The zero-order valence-electron chi connectivity index (χ0n) is 8.28. The molecular formula is C9H17NO3. The third kappa shape index (κ3) is 1.59. The van der Waals surface area contributed by atoms with Gasteiger partial charge in [0.1, 0.15) is 12.2 Å². The maximum absolute atomic E-state index is 9.66. The van der Waals surface area contributed by atoms with Crippen LogP contribution in [0, 0.1) is 0 Å². The number of piperidine rings is 1. The minimum Gasteiger partial charge on any atom is -0.389 e. The highest BCUT2D eigenvalue weighted by molar-refractivity contribution is 4.96. The Labute approximate surface area is 78.2 Å². The van der Waals surface area contributed by atoms with Gasteiger partial charge in [-0.15, -0.1) is 0 Å². The normalized spacial score (nSPS) is 48.9. The van der Waals surface area contributed by atoms with E-state index in [0.29, 0.717) is 6.54 Å². The second-order valence-corrected chi connectivity index (χ2v) is 4.33. The quantitative estimate of drug-likeness (QED) is 0.554. The third-order valence-corrected chi connectivity index (χ3v) is 2.68. The molecule has 0 amide bonds. The van der Waals surface area contributed by atoms with Crippen LogP contribution in [-0.4, -0.2) is 41.8 Å². The number of fused-ring (bicyclic) bond motifs is 1. The summed E-state index contributed by atoms with van der Waals surface area (Å²) >= 11 is 0. The molecule has 4 atom stereocenters. The van der Waals surface area contributed by atoms with E-state index in [1.54, 1.807) is 0 Å². The fourth-order valence-electron chi connectivity index (χ4n) is 2.04. The average molecular weight is 187 g/mol. The molecule has 2 heterocycles. The molecule has 2 aliphatic heterocycles. The van der Waals surface area contributed by atoms with Gasteiger partial charge in [0, 0.05) is 12.6 Å². The summed E-state index contributed by atoms with van der Waals surface area (Å²) in [4.78, 5) is 0. The van der Waals surface area contributed by atoms with Crippen LogP contribution in [0.25, 0.3) is 0 Å². The van der Waals surface area contributed by atoms with Crippen molar-refractivity contribution in [3.8, 4) is 0 Å². The van der Waals surface area contributed by atoms with E-state index < -0.39 is 11.9 Å². The predicted octanol–water partition coefficient (Wildman–Crippen LogP) is -0.141. The standard InChI is InChI=1S/C9H17NO3/c1-5-7-8(6(11)4-10-5)13-9(2,3)12-7/h5-8,10-11H,4H2,1-3H3/t5?,6-,7-,8+/m0/s1. The molecule has 0 aliphatic carbocycles. The summed E-state index contributed by atoms with van der Waals surface area (Å²) in [6.45, 7) is 6.39. The van der Waals surface area contributed by atoms with Crippen LogP contribution in [-0.2, 0) is 9.47 Å². The monoisotopic (exact) mass is 187 g/mol. The predicted molar refractivity (Wildman–Crippen MR) is 47.3 cm³/mol. The lowest BCUT2D eigenvalue weighted by molar-refractivity contribution is -0.153. The zero-order chi connectivity index (χ0) is 9.64. The van der Waals surface area contributed by atoms with Crippen LogP contribution in [0.4, 0.5) is 0 Å². The first-order chi connectivity index (χ1) is 5.99. The lowest BCUT2D eigenvalue weighted by Crippen LogP contribution is -2.57. The van der Waals surface area contributed by atoms with Crippen LogP contribution in [0.3, 0.4) is 0 Å². The summed E-state index contributed by atoms with van der Waals surface area (Å²) in [6.07, 6.45) is -0.659. The molecule has 4 nitrogen and oxygen atoms in total. The molecule has 0 radical (unpaired) electrons.